The topological polar surface area (TPSA) is 532 Å². The number of hydrogen-bond acceptors (Lipinski definition) is 37. The monoisotopic (exact) mass is 1410 g/mol. The molecule has 95 heavy (non-hydrogen) atoms. The second kappa shape index (κ2) is 33.5. The Morgan fingerprint density at radius 2 is 0.442 bits per heavy atom. The summed E-state index contributed by atoms with van der Waals surface area (Å²) in [4.78, 5) is 0. The molecule has 37 heteroatoms. The van der Waals surface area contributed by atoms with Gasteiger partial charge in [-0.25, -0.2) is 0 Å². The van der Waals surface area contributed by atoms with Crippen molar-refractivity contribution in [1.29, 1.82) is 0 Å². The zero-order valence-corrected chi connectivity index (χ0v) is 52.7. The van der Waals surface area contributed by atoms with Crippen LogP contribution in [0, 0.1) is 0 Å². The quantitative estimate of drug-likeness (QED) is 0.0787. The van der Waals surface area contributed by atoms with Crippen molar-refractivity contribution in [3.8, 4) is 11.5 Å². The van der Waals surface area contributed by atoms with E-state index >= 15 is 0 Å². The van der Waals surface area contributed by atoms with Gasteiger partial charge < -0.3 is 173 Å². The predicted molar refractivity (Wildman–Crippen MR) is 313 cm³/mol. The molecule has 540 valence electrons. The summed E-state index contributed by atoms with van der Waals surface area (Å²) in [5.74, 6) is 1.48. The highest BCUT2D eigenvalue weighted by molar-refractivity contribution is 7.98. The molecule has 2 aromatic carbocycles. The molecule has 35 atom stereocenters. The Labute approximate surface area is 550 Å². The molecule has 2 aromatic rings. The van der Waals surface area contributed by atoms with E-state index in [0.717, 1.165) is 11.1 Å². The molecule has 0 saturated carbocycles. The number of thioether (sulfide) groups is 2. The summed E-state index contributed by atoms with van der Waals surface area (Å²) in [5.41, 5.74) is 1.57. The fraction of sp³-hybridized carbons (Fsp3) is 0.793. The van der Waals surface area contributed by atoms with Gasteiger partial charge in [0.25, 0.3) is 0 Å². The van der Waals surface area contributed by atoms with Crippen molar-refractivity contribution in [1.82, 2.24) is 0 Å². The molecule has 23 rings (SSSR count). The van der Waals surface area contributed by atoms with Gasteiger partial charge in [0, 0.05) is 23.0 Å². The van der Waals surface area contributed by atoms with E-state index in [-0.39, 0.29) is 23.0 Å². The van der Waals surface area contributed by atoms with Crippen molar-refractivity contribution in [2.24, 2.45) is 0 Å². The van der Waals surface area contributed by atoms with Crippen LogP contribution in [0.4, 0.5) is 0 Å². The van der Waals surface area contributed by atoms with Gasteiger partial charge in [0.05, 0.1) is 59.5 Å². The standard InChI is InChI=1S/C58H86O35S2/c1-78-22-7-3-20(4-8-22)16-94-18-29-50-37(70)44(77)58(86-29)91-49-28(15-63)84-56(42(75)35(49)68)93-51-30(19-95-17-21-5-9-23(79-2)10-6-21)85-57(43(76)36(51)69)90-48-27(14-62)82-54(40(73)33(48)66)88-46-25(12-60)80-52(38(71)31(46)64)87-45-24(11-59)81-53(39(72)32(45)65)89-47-26(13-61)83-55(92-50)41(74)34(47)67/h3-10,24-77H,11-19H2,1-2H3. The molecule has 21 aliphatic heterocycles. The number of aliphatic hydroxyl groups excluding tert-OH is 19. The van der Waals surface area contributed by atoms with Crippen LogP contribution in [0.2, 0.25) is 0 Å². The molecular formula is C58H86O35S2. The lowest BCUT2D eigenvalue weighted by Gasteiger charge is -2.50. The van der Waals surface area contributed by atoms with Crippen LogP contribution in [0.1, 0.15) is 11.1 Å². The number of rotatable bonds is 15. The van der Waals surface area contributed by atoms with Gasteiger partial charge in [-0.05, 0) is 35.4 Å². The molecule has 21 heterocycles. The summed E-state index contributed by atoms with van der Waals surface area (Å²) in [7, 11) is 2.98. The maximum atomic E-state index is 12.0. The maximum Gasteiger partial charge on any atom is 0.187 e. The summed E-state index contributed by atoms with van der Waals surface area (Å²) in [5, 5.41) is 217. The second-order valence-electron chi connectivity index (χ2n) is 24.0. The van der Waals surface area contributed by atoms with E-state index in [4.69, 9.17) is 75.8 Å². The average Bonchev–Trinajstić information content (AvgIpc) is 0.813. The molecular weight excluding hydrogens is 1320 g/mol. The smallest absolute Gasteiger partial charge is 0.187 e. The summed E-state index contributed by atoms with van der Waals surface area (Å²) in [6.45, 7) is -5.10. The van der Waals surface area contributed by atoms with Crippen molar-refractivity contribution in [2.75, 3.05) is 58.8 Å². The zero-order chi connectivity index (χ0) is 68.3. The molecule has 14 bridgehead atoms. The van der Waals surface area contributed by atoms with Gasteiger partial charge in [-0.3, -0.25) is 0 Å². The lowest BCUT2D eigenvalue weighted by molar-refractivity contribution is -0.395. The van der Waals surface area contributed by atoms with Gasteiger partial charge in [0.2, 0.25) is 0 Å². The fourth-order valence-electron chi connectivity index (χ4n) is 12.4. The third-order valence-corrected chi connectivity index (χ3v) is 20.0. The van der Waals surface area contributed by atoms with Crippen LogP contribution in [0.5, 0.6) is 11.5 Å². The first-order chi connectivity index (χ1) is 45.6. The Hall–Kier alpha value is -2.58. The summed E-state index contributed by atoms with van der Waals surface area (Å²) in [6.07, 6.45) is -68.1. The zero-order valence-electron chi connectivity index (χ0n) is 51.0. The minimum Gasteiger partial charge on any atom is -0.497 e. The molecule has 0 radical (unpaired) electrons. The molecule has 21 fully saturated rings. The summed E-state index contributed by atoms with van der Waals surface area (Å²) < 4.78 is 94.3. The second-order valence-corrected chi connectivity index (χ2v) is 26.1. The molecule has 0 aliphatic carbocycles. The van der Waals surface area contributed by atoms with Crippen LogP contribution in [-0.2, 0) is 77.8 Å². The van der Waals surface area contributed by atoms with E-state index in [1.807, 2.05) is 0 Å². The van der Waals surface area contributed by atoms with E-state index in [0.29, 0.717) is 11.5 Å². The third-order valence-electron chi connectivity index (χ3n) is 17.8. The summed E-state index contributed by atoms with van der Waals surface area (Å²) in [6, 6.07) is 14.0. The Bertz CT molecular complexity index is 2590. The van der Waals surface area contributed by atoms with E-state index in [1.165, 1.54) is 37.7 Å². The first kappa shape index (κ1) is 75.1. The number of aliphatic hydroxyl groups is 19. The predicted octanol–water partition coefficient (Wildman–Crippen LogP) is -9.33. The molecule has 35 nitrogen and oxygen atoms in total. The Balaban J connectivity index is 0.956. The lowest BCUT2D eigenvalue weighted by atomic mass is 9.95. The number of ether oxygens (including phenoxy) is 16. The van der Waals surface area contributed by atoms with Crippen LogP contribution < -0.4 is 9.47 Å². The van der Waals surface area contributed by atoms with E-state index in [9.17, 15) is 97.0 Å². The van der Waals surface area contributed by atoms with Crippen molar-refractivity contribution >= 4 is 23.5 Å². The minimum absolute atomic E-state index is 0.117. The third kappa shape index (κ3) is 16.4. The first-order valence-electron chi connectivity index (χ1n) is 30.7. The molecule has 21 saturated heterocycles. The minimum atomic E-state index is -2.20. The van der Waals surface area contributed by atoms with Crippen molar-refractivity contribution in [3.05, 3.63) is 59.7 Å². The van der Waals surface area contributed by atoms with E-state index in [2.05, 4.69) is 0 Å². The van der Waals surface area contributed by atoms with Crippen LogP contribution in [0.15, 0.2) is 48.5 Å². The highest BCUT2D eigenvalue weighted by Crippen LogP contribution is 2.40. The number of hydrogen-bond donors (Lipinski definition) is 19. The Morgan fingerprint density at radius 3 is 0.621 bits per heavy atom. The number of benzene rings is 2. The largest absolute Gasteiger partial charge is 0.497 e. The molecule has 19 N–H and O–H groups in total. The van der Waals surface area contributed by atoms with E-state index in [1.54, 1.807) is 48.5 Å². The van der Waals surface area contributed by atoms with E-state index < -0.39 is 248 Å². The molecule has 21 aliphatic rings. The van der Waals surface area contributed by atoms with Crippen LogP contribution in [0.3, 0.4) is 0 Å². The van der Waals surface area contributed by atoms with Crippen molar-refractivity contribution in [2.45, 2.75) is 226 Å². The van der Waals surface area contributed by atoms with Gasteiger partial charge in [-0.2, -0.15) is 23.5 Å². The average molecular weight is 1410 g/mol. The van der Waals surface area contributed by atoms with Crippen molar-refractivity contribution in [3.63, 3.8) is 0 Å². The van der Waals surface area contributed by atoms with Crippen molar-refractivity contribution < 1.29 is 173 Å². The SMILES string of the molecule is COc1ccc(CSCC2OC3OC4C(CO)OC(OC5C(CO)OC(OC6C(CO)OC(OC7C(CO)OC(OC8C(CSCc9ccc(OC)cc9)OC(OC9C(CO)OC(OC2C(O)C3O)C(O)C9O)C(O)C8O)C(O)C7O)C(O)C6O)C(O)C5O)C(O)C4O)cc1. The molecule has 0 amide bonds. The highest BCUT2D eigenvalue weighted by atomic mass is 32.2. The Morgan fingerprint density at radius 1 is 0.263 bits per heavy atom. The van der Waals surface area contributed by atoms with Gasteiger partial charge in [-0.15, -0.1) is 0 Å². The number of methoxy groups -OCH3 is 2. The Kier molecular flexibility index (Phi) is 26.5. The van der Waals surface area contributed by atoms with Gasteiger partial charge in [-0.1, -0.05) is 24.3 Å². The van der Waals surface area contributed by atoms with Crippen LogP contribution in [0.25, 0.3) is 0 Å². The molecule has 0 spiro atoms. The van der Waals surface area contributed by atoms with Gasteiger partial charge in [0.15, 0.2) is 44.0 Å². The van der Waals surface area contributed by atoms with Crippen LogP contribution >= 0.6 is 23.5 Å². The fourth-order valence-corrected chi connectivity index (χ4v) is 14.5. The lowest BCUT2D eigenvalue weighted by Crippen LogP contribution is -2.68. The molecule has 0 aromatic heterocycles. The first-order valence-corrected chi connectivity index (χ1v) is 33.0. The maximum absolute atomic E-state index is 12.0. The molecule has 35 unspecified atom stereocenters. The van der Waals surface area contributed by atoms with Gasteiger partial charge in [0.1, 0.15) is 170 Å². The van der Waals surface area contributed by atoms with Crippen LogP contribution in [-0.4, -0.2) is 371 Å². The van der Waals surface area contributed by atoms with Gasteiger partial charge >= 0.3 is 0 Å². The highest BCUT2D eigenvalue weighted by Gasteiger charge is 2.60. The normalized spacial score (nSPS) is 47.0. The summed E-state index contributed by atoms with van der Waals surface area (Å²) >= 11 is 2.43.